The second-order valence-corrected chi connectivity index (χ2v) is 4.28. The normalized spacial score (nSPS) is 16.6. The highest BCUT2D eigenvalue weighted by Crippen LogP contribution is 2.35. The average Bonchev–Trinajstić information content (AvgIpc) is 2.82. The summed E-state index contributed by atoms with van der Waals surface area (Å²) in [4.78, 5) is 0. The molecule has 4 heteroatoms. The van der Waals surface area contributed by atoms with E-state index in [4.69, 9.17) is 14.2 Å². The number of hydrogen-bond donors (Lipinski definition) is 1. The van der Waals surface area contributed by atoms with Crippen LogP contribution in [-0.4, -0.2) is 24.6 Å². The molecule has 0 fully saturated rings. The van der Waals surface area contributed by atoms with E-state index in [1.165, 1.54) is 0 Å². The zero-order valence-corrected chi connectivity index (χ0v) is 10.2. The van der Waals surface area contributed by atoms with Gasteiger partial charge in [0, 0.05) is 6.07 Å². The topological polar surface area (TPSA) is 47.9 Å². The summed E-state index contributed by atoms with van der Waals surface area (Å²) in [5, 5.41) is 9.79. The molecule has 0 saturated carbocycles. The Bertz CT molecular complexity index is 378. The van der Waals surface area contributed by atoms with Gasteiger partial charge in [0.1, 0.15) is 12.4 Å². The Labute approximate surface area is 101 Å². The lowest BCUT2D eigenvalue weighted by Gasteiger charge is -2.17. The highest BCUT2D eigenvalue weighted by atomic mass is 16.7. The van der Waals surface area contributed by atoms with Gasteiger partial charge < -0.3 is 19.3 Å². The molecular formula is C13H18O4. The van der Waals surface area contributed by atoms with Gasteiger partial charge in [0.25, 0.3) is 0 Å². The number of rotatable bonds is 5. The fourth-order valence-corrected chi connectivity index (χ4v) is 1.58. The van der Waals surface area contributed by atoms with Crippen molar-refractivity contribution in [2.75, 3.05) is 13.4 Å². The van der Waals surface area contributed by atoms with Crippen LogP contribution < -0.4 is 14.2 Å². The van der Waals surface area contributed by atoms with Crippen LogP contribution in [0.3, 0.4) is 0 Å². The summed E-state index contributed by atoms with van der Waals surface area (Å²) in [7, 11) is 0. The molecule has 94 valence electrons. The predicted octanol–water partition coefficient (Wildman–Crippen LogP) is 2.20. The van der Waals surface area contributed by atoms with E-state index in [2.05, 4.69) is 6.92 Å². The summed E-state index contributed by atoms with van der Waals surface area (Å²) in [5.74, 6) is 2.36. The third kappa shape index (κ3) is 2.82. The lowest BCUT2D eigenvalue weighted by molar-refractivity contribution is 0.0621. The van der Waals surface area contributed by atoms with Gasteiger partial charge in [-0.25, -0.2) is 0 Å². The Morgan fingerprint density at radius 2 is 2.12 bits per heavy atom. The lowest BCUT2D eigenvalue weighted by Crippen LogP contribution is -2.24. The first-order valence-corrected chi connectivity index (χ1v) is 5.91. The van der Waals surface area contributed by atoms with Gasteiger partial charge in [-0.05, 0) is 18.1 Å². The third-order valence-corrected chi connectivity index (χ3v) is 3.07. The Morgan fingerprint density at radius 3 is 2.88 bits per heavy atom. The standard InChI is InChI=1S/C13H18O4/c1-3-9(2)11(14)7-15-10-4-5-12-13(6-10)17-8-16-12/h4-6,9,11,14H,3,7-8H2,1-2H3. The van der Waals surface area contributed by atoms with Crippen molar-refractivity contribution < 1.29 is 19.3 Å². The summed E-state index contributed by atoms with van der Waals surface area (Å²) < 4.78 is 16.0. The summed E-state index contributed by atoms with van der Waals surface area (Å²) in [6.45, 7) is 4.62. The Morgan fingerprint density at radius 1 is 1.35 bits per heavy atom. The monoisotopic (exact) mass is 238 g/mol. The molecule has 0 amide bonds. The van der Waals surface area contributed by atoms with Gasteiger partial charge in [-0.3, -0.25) is 0 Å². The van der Waals surface area contributed by atoms with Crippen LogP contribution in [0.2, 0.25) is 0 Å². The van der Waals surface area contributed by atoms with Crippen LogP contribution >= 0.6 is 0 Å². The van der Waals surface area contributed by atoms with Gasteiger partial charge in [0.15, 0.2) is 11.5 Å². The van der Waals surface area contributed by atoms with Crippen LogP contribution in [0, 0.1) is 5.92 Å². The summed E-state index contributed by atoms with van der Waals surface area (Å²) in [6, 6.07) is 5.41. The van der Waals surface area contributed by atoms with Gasteiger partial charge in [0.2, 0.25) is 6.79 Å². The van der Waals surface area contributed by atoms with Crippen LogP contribution in [-0.2, 0) is 0 Å². The summed E-state index contributed by atoms with van der Waals surface area (Å²) in [5.41, 5.74) is 0. The van der Waals surface area contributed by atoms with E-state index in [1.54, 1.807) is 6.07 Å². The molecule has 1 N–H and O–H groups in total. The van der Waals surface area contributed by atoms with Crippen molar-refractivity contribution in [3.8, 4) is 17.2 Å². The molecule has 17 heavy (non-hydrogen) atoms. The summed E-state index contributed by atoms with van der Waals surface area (Å²) in [6.07, 6.45) is 0.497. The van der Waals surface area contributed by atoms with Crippen molar-refractivity contribution in [2.45, 2.75) is 26.4 Å². The zero-order chi connectivity index (χ0) is 12.3. The number of benzene rings is 1. The zero-order valence-electron chi connectivity index (χ0n) is 10.2. The highest BCUT2D eigenvalue weighted by molar-refractivity contribution is 5.46. The van der Waals surface area contributed by atoms with Crippen molar-refractivity contribution in [1.82, 2.24) is 0 Å². The van der Waals surface area contributed by atoms with E-state index in [-0.39, 0.29) is 12.7 Å². The molecule has 0 aromatic heterocycles. The van der Waals surface area contributed by atoms with Gasteiger partial charge in [-0.1, -0.05) is 20.3 Å². The van der Waals surface area contributed by atoms with Gasteiger partial charge in [0.05, 0.1) is 6.10 Å². The minimum absolute atomic E-state index is 0.240. The molecule has 2 rings (SSSR count). The molecule has 1 aromatic carbocycles. The molecule has 4 nitrogen and oxygen atoms in total. The first-order chi connectivity index (χ1) is 8.20. The van der Waals surface area contributed by atoms with Gasteiger partial charge in [-0.15, -0.1) is 0 Å². The molecule has 2 unspecified atom stereocenters. The van der Waals surface area contributed by atoms with E-state index >= 15 is 0 Å². The molecule has 0 bridgehead atoms. The number of aliphatic hydroxyl groups excluding tert-OH is 1. The molecule has 1 aliphatic rings. The quantitative estimate of drug-likeness (QED) is 0.854. The van der Waals surface area contributed by atoms with Crippen LogP contribution in [0.1, 0.15) is 20.3 Å². The summed E-state index contributed by atoms with van der Waals surface area (Å²) >= 11 is 0. The number of hydrogen-bond acceptors (Lipinski definition) is 4. The smallest absolute Gasteiger partial charge is 0.231 e. The molecular weight excluding hydrogens is 220 g/mol. The maximum absolute atomic E-state index is 9.79. The molecule has 0 aliphatic carbocycles. The molecule has 0 spiro atoms. The van der Waals surface area contributed by atoms with E-state index in [1.807, 2.05) is 19.1 Å². The Kier molecular flexibility index (Phi) is 3.74. The maximum Gasteiger partial charge on any atom is 0.231 e. The van der Waals surface area contributed by atoms with Crippen molar-refractivity contribution in [2.24, 2.45) is 5.92 Å². The highest BCUT2D eigenvalue weighted by Gasteiger charge is 2.16. The van der Waals surface area contributed by atoms with Gasteiger partial charge >= 0.3 is 0 Å². The first-order valence-electron chi connectivity index (χ1n) is 5.91. The van der Waals surface area contributed by atoms with Crippen molar-refractivity contribution in [3.63, 3.8) is 0 Å². The minimum Gasteiger partial charge on any atom is -0.491 e. The van der Waals surface area contributed by atoms with E-state index in [9.17, 15) is 5.11 Å². The third-order valence-electron chi connectivity index (χ3n) is 3.07. The molecule has 0 radical (unpaired) electrons. The number of fused-ring (bicyclic) bond motifs is 1. The molecule has 1 heterocycles. The Hall–Kier alpha value is -1.42. The fraction of sp³-hybridized carbons (Fsp3) is 0.538. The SMILES string of the molecule is CCC(C)C(O)COc1ccc2c(c1)OCO2. The second-order valence-electron chi connectivity index (χ2n) is 4.28. The fourth-order valence-electron chi connectivity index (χ4n) is 1.58. The first kappa shape index (κ1) is 12.0. The number of aliphatic hydroxyl groups is 1. The van der Waals surface area contributed by atoms with Crippen molar-refractivity contribution in [1.29, 1.82) is 0 Å². The molecule has 2 atom stereocenters. The second kappa shape index (κ2) is 5.27. The van der Waals surface area contributed by atoms with E-state index in [0.717, 1.165) is 12.2 Å². The van der Waals surface area contributed by atoms with E-state index in [0.29, 0.717) is 18.1 Å². The van der Waals surface area contributed by atoms with Crippen molar-refractivity contribution in [3.05, 3.63) is 18.2 Å². The van der Waals surface area contributed by atoms with Gasteiger partial charge in [-0.2, -0.15) is 0 Å². The van der Waals surface area contributed by atoms with Crippen molar-refractivity contribution >= 4 is 0 Å². The molecule has 1 aliphatic heterocycles. The lowest BCUT2D eigenvalue weighted by atomic mass is 10.0. The van der Waals surface area contributed by atoms with E-state index < -0.39 is 6.10 Å². The van der Waals surface area contributed by atoms with Crippen LogP contribution in [0.4, 0.5) is 0 Å². The largest absolute Gasteiger partial charge is 0.491 e. The minimum atomic E-state index is -0.439. The Balaban J connectivity index is 1.91. The molecule has 0 saturated heterocycles. The molecule has 1 aromatic rings. The van der Waals surface area contributed by atoms with Crippen LogP contribution in [0.15, 0.2) is 18.2 Å². The maximum atomic E-state index is 9.79. The average molecular weight is 238 g/mol. The number of ether oxygens (including phenoxy) is 3. The van der Waals surface area contributed by atoms with Crippen LogP contribution in [0.5, 0.6) is 17.2 Å². The predicted molar refractivity (Wildman–Crippen MR) is 63.5 cm³/mol. The van der Waals surface area contributed by atoms with Crippen LogP contribution in [0.25, 0.3) is 0 Å².